The Morgan fingerprint density at radius 1 is 0.938 bits per heavy atom. The summed E-state index contributed by atoms with van der Waals surface area (Å²) in [5.74, 6) is 0. The van der Waals surface area contributed by atoms with Gasteiger partial charge in [-0.15, -0.1) is 0 Å². The van der Waals surface area contributed by atoms with Crippen LogP contribution in [-0.4, -0.2) is 14.7 Å². The van der Waals surface area contributed by atoms with Crippen molar-refractivity contribution in [3.63, 3.8) is 0 Å². The maximum absolute atomic E-state index is 5.86. The molecule has 4 nitrogen and oxygen atoms in total. The highest BCUT2D eigenvalue weighted by Gasteiger charge is 2.42. The zero-order valence-electron chi connectivity index (χ0n) is 17.6. The number of rotatable bonds is 5. The summed E-state index contributed by atoms with van der Waals surface area (Å²) < 4.78 is 3.29. The van der Waals surface area contributed by atoms with E-state index in [1.165, 1.54) is 5.56 Å². The SMILES string of the molecule is CCc1ccc(N2C(=S)N[C@H](c3ccccn3)[C@@H]2c2cccn2-c2ccc(Br)cc2)cc1. The van der Waals surface area contributed by atoms with E-state index in [2.05, 4.69) is 116 Å². The zero-order valence-corrected chi connectivity index (χ0v) is 20.1. The van der Waals surface area contributed by atoms with E-state index >= 15 is 0 Å². The fourth-order valence-electron chi connectivity index (χ4n) is 4.30. The van der Waals surface area contributed by atoms with Crippen LogP contribution < -0.4 is 10.2 Å². The third-order valence-electron chi connectivity index (χ3n) is 5.91. The van der Waals surface area contributed by atoms with Gasteiger partial charge in [0.2, 0.25) is 0 Å². The molecule has 6 heteroatoms. The lowest BCUT2D eigenvalue weighted by molar-refractivity contribution is 0.549. The molecule has 0 radical (unpaired) electrons. The molecule has 4 aromatic rings. The van der Waals surface area contributed by atoms with Crippen LogP contribution in [0.25, 0.3) is 5.69 Å². The van der Waals surface area contributed by atoms with E-state index in [1.807, 2.05) is 18.3 Å². The van der Waals surface area contributed by atoms with Crippen LogP contribution >= 0.6 is 28.1 Å². The normalized spacial score (nSPS) is 18.1. The van der Waals surface area contributed by atoms with Gasteiger partial charge in [0, 0.05) is 33.9 Å². The maximum atomic E-state index is 5.86. The molecule has 1 aliphatic heterocycles. The number of thiocarbonyl (C=S) groups is 1. The fraction of sp³-hybridized carbons (Fsp3) is 0.154. The first kappa shape index (κ1) is 20.9. The second-order valence-corrected chi connectivity index (χ2v) is 9.10. The molecule has 1 N–H and O–H groups in total. The molecule has 1 aliphatic rings. The van der Waals surface area contributed by atoms with Crippen molar-refractivity contribution in [3.05, 3.63) is 113 Å². The fourth-order valence-corrected chi connectivity index (χ4v) is 4.91. The predicted molar refractivity (Wildman–Crippen MR) is 137 cm³/mol. The Hall–Kier alpha value is -2.96. The Morgan fingerprint density at radius 2 is 1.69 bits per heavy atom. The van der Waals surface area contributed by atoms with Crippen molar-refractivity contribution in [2.75, 3.05) is 4.90 Å². The molecule has 0 saturated carbocycles. The molecular weight excluding hydrogens is 480 g/mol. The summed E-state index contributed by atoms with van der Waals surface area (Å²) in [7, 11) is 0. The molecule has 3 heterocycles. The summed E-state index contributed by atoms with van der Waals surface area (Å²) >= 11 is 9.40. The molecule has 0 aliphatic carbocycles. The highest BCUT2D eigenvalue weighted by atomic mass is 79.9. The second kappa shape index (κ2) is 8.88. The largest absolute Gasteiger partial charge is 0.351 e. The minimum absolute atomic E-state index is 0.0523. The number of benzene rings is 2. The van der Waals surface area contributed by atoms with Gasteiger partial charge in [0.1, 0.15) is 6.04 Å². The number of halogens is 1. The minimum Gasteiger partial charge on any atom is -0.351 e. The van der Waals surface area contributed by atoms with Crippen LogP contribution in [0, 0.1) is 0 Å². The number of aryl methyl sites for hydroxylation is 1. The lowest BCUT2D eigenvalue weighted by Crippen LogP contribution is -2.30. The molecule has 0 unspecified atom stereocenters. The van der Waals surface area contributed by atoms with Crippen LogP contribution in [0.15, 0.2) is 95.7 Å². The van der Waals surface area contributed by atoms with Crippen molar-refractivity contribution in [1.82, 2.24) is 14.9 Å². The van der Waals surface area contributed by atoms with Crippen molar-refractivity contribution >= 4 is 38.9 Å². The monoisotopic (exact) mass is 502 g/mol. The molecule has 1 saturated heterocycles. The Bertz CT molecular complexity index is 1220. The van der Waals surface area contributed by atoms with Gasteiger partial charge >= 0.3 is 0 Å². The zero-order chi connectivity index (χ0) is 22.1. The first-order chi connectivity index (χ1) is 15.7. The van der Waals surface area contributed by atoms with E-state index in [-0.39, 0.29) is 12.1 Å². The number of nitrogens with one attached hydrogen (secondary N) is 1. The van der Waals surface area contributed by atoms with Gasteiger partial charge in [-0.25, -0.2) is 0 Å². The number of hydrogen-bond donors (Lipinski definition) is 1. The Morgan fingerprint density at radius 3 is 2.38 bits per heavy atom. The van der Waals surface area contributed by atoms with Gasteiger partial charge in [-0.05, 0) is 84.9 Å². The Labute approximate surface area is 202 Å². The smallest absolute Gasteiger partial charge is 0.174 e. The molecule has 32 heavy (non-hydrogen) atoms. The molecule has 0 bridgehead atoms. The van der Waals surface area contributed by atoms with Crippen LogP contribution in [0.4, 0.5) is 5.69 Å². The standard InChI is InChI=1S/C26H23BrN4S/c1-2-18-8-12-21(13-9-18)31-25(24(29-26(31)32)22-6-3-4-16-28-22)23-7-5-17-30(23)20-14-10-19(27)11-15-20/h3-17,24-25H,2H2,1H3,(H,29,32)/t24-,25+/m1/s1. The van der Waals surface area contributed by atoms with Crippen LogP contribution in [0.2, 0.25) is 0 Å². The van der Waals surface area contributed by atoms with Crippen molar-refractivity contribution in [2.24, 2.45) is 0 Å². The third kappa shape index (κ3) is 3.85. The molecule has 0 spiro atoms. The predicted octanol–water partition coefficient (Wildman–Crippen LogP) is 6.37. The number of hydrogen-bond acceptors (Lipinski definition) is 2. The first-order valence-corrected chi connectivity index (χ1v) is 11.9. The van der Waals surface area contributed by atoms with Gasteiger partial charge in [0.05, 0.1) is 11.7 Å². The molecule has 2 atom stereocenters. The van der Waals surface area contributed by atoms with Gasteiger partial charge in [0.25, 0.3) is 0 Å². The highest BCUT2D eigenvalue weighted by Crippen LogP contribution is 2.42. The molecular formula is C26H23BrN4S. The quantitative estimate of drug-likeness (QED) is 0.321. The average Bonchev–Trinajstić information content (AvgIpc) is 3.44. The van der Waals surface area contributed by atoms with Gasteiger partial charge in [-0.2, -0.15) is 0 Å². The number of anilines is 1. The molecule has 0 amide bonds. The maximum Gasteiger partial charge on any atom is 0.174 e. The number of aromatic nitrogens is 2. The average molecular weight is 503 g/mol. The van der Waals surface area contributed by atoms with E-state index in [0.717, 1.165) is 33.7 Å². The third-order valence-corrected chi connectivity index (χ3v) is 6.75. The van der Waals surface area contributed by atoms with Crippen molar-refractivity contribution in [1.29, 1.82) is 0 Å². The van der Waals surface area contributed by atoms with Crippen molar-refractivity contribution < 1.29 is 0 Å². The molecule has 160 valence electrons. The Balaban J connectivity index is 1.64. The summed E-state index contributed by atoms with van der Waals surface area (Å²) in [5.41, 5.74) is 5.60. The van der Waals surface area contributed by atoms with Crippen LogP contribution in [0.5, 0.6) is 0 Å². The van der Waals surface area contributed by atoms with Gasteiger partial charge < -0.3 is 14.8 Å². The lowest BCUT2D eigenvalue weighted by Gasteiger charge is -2.29. The lowest BCUT2D eigenvalue weighted by atomic mass is 10.0. The minimum atomic E-state index is -0.0707. The second-order valence-electron chi connectivity index (χ2n) is 7.80. The van der Waals surface area contributed by atoms with Crippen LogP contribution in [0.1, 0.15) is 36.0 Å². The van der Waals surface area contributed by atoms with Gasteiger partial charge in [-0.3, -0.25) is 4.98 Å². The topological polar surface area (TPSA) is 33.1 Å². The molecule has 2 aromatic carbocycles. The molecule has 5 rings (SSSR count). The summed E-state index contributed by atoms with van der Waals surface area (Å²) in [5, 5.41) is 4.25. The van der Waals surface area contributed by atoms with Crippen LogP contribution in [0.3, 0.4) is 0 Å². The Kier molecular flexibility index (Phi) is 5.81. The van der Waals surface area contributed by atoms with E-state index in [4.69, 9.17) is 12.2 Å². The van der Waals surface area contributed by atoms with Crippen LogP contribution in [-0.2, 0) is 6.42 Å². The summed E-state index contributed by atoms with van der Waals surface area (Å²) in [6, 6.07) is 27.2. The number of nitrogens with zero attached hydrogens (tertiary/aromatic N) is 3. The van der Waals surface area contributed by atoms with Gasteiger partial charge in [0.15, 0.2) is 5.11 Å². The van der Waals surface area contributed by atoms with E-state index in [0.29, 0.717) is 5.11 Å². The highest BCUT2D eigenvalue weighted by molar-refractivity contribution is 9.10. The summed E-state index contributed by atoms with van der Waals surface area (Å²) in [6.07, 6.45) is 4.95. The van der Waals surface area contributed by atoms with E-state index in [9.17, 15) is 0 Å². The summed E-state index contributed by atoms with van der Waals surface area (Å²) in [6.45, 7) is 2.17. The molecule has 2 aromatic heterocycles. The summed E-state index contributed by atoms with van der Waals surface area (Å²) in [4.78, 5) is 6.88. The first-order valence-electron chi connectivity index (χ1n) is 10.7. The van der Waals surface area contributed by atoms with Gasteiger partial charge in [-0.1, -0.05) is 41.1 Å². The van der Waals surface area contributed by atoms with E-state index in [1.54, 1.807) is 0 Å². The van der Waals surface area contributed by atoms with Crippen molar-refractivity contribution in [3.8, 4) is 5.69 Å². The molecule has 1 fully saturated rings. The van der Waals surface area contributed by atoms with Crippen molar-refractivity contribution in [2.45, 2.75) is 25.4 Å². The van der Waals surface area contributed by atoms with E-state index < -0.39 is 0 Å². The number of pyridine rings is 1.